The summed E-state index contributed by atoms with van der Waals surface area (Å²) in [6.45, 7) is 0.175. The Morgan fingerprint density at radius 1 is 1.35 bits per heavy atom. The molecule has 0 bridgehead atoms. The average Bonchev–Trinajstić information content (AvgIpc) is 2.89. The second kappa shape index (κ2) is 8.42. The Balaban J connectivity index is 1.70. The van der Waals surface area contributed by atoms with Crippen molar-refractivity contribution in [2.45, 2.75) is 6.54 Å². The van der Waals surface area contributed by atoms with Crippen molar-refractivity contribution < 1.29 is 19.1 Å². The van der Waals surface area contributed by atoms with Gasteiger partial charge < -0.3 is 15.0 Å². The first-order valence-electron chi connectivity index (χ1n) is 6.73. The standard InChI is InChI=1S/C14H14Cl2N2O4S/c15-10-2-1-9(11(16)5-10)6-17-12(19)8-22-13(20)7-18-3-4-23-14(18)21/h1-2,5H,3-4,6-8H2,(H,17,19). The maximum atomic E-state index is 11.7. The third kappa shape index (κ3) is 5.60. The van der Waals surface area contributed by atoms with Crippen LogP contribution in [-0.4, -0.2) is 47.5 Å². The van der Waals surface area contributed by atoms with Gasteiger partial charge in [-0.15, -0.1) is 0 Å². The van der Waals surface area contributed by atoms with Crippen LogP contribution in [0.15, 0.2) is 18.2 Å². The summed E-state index contributed by atoms with van der Waals surface area (Å²) < 4.78 is 4.84. The van der Waals surface area contributed by atoms with Crippen LogP contribution < -0.4 is 5.32 Å². The summed E-state index contributed by atoms with van der Waals surface area (Å²) in [7, 11) is 0. The van der Waals surface area contributed by atoms with Crippen molar-refractivity contribution in [2.24, 2.45) is 0 Å². The molecule has 1 N–H and O–H groups in total. The highest BCUT2D eigenvalue weighted by molar-refractivity contribution is 8.13. The van der Waals surface area contributed by atoms with Crippen molar-refractivity contribution in [2.75, 3.05) is 25.4 Å². The number of hydrogen-bond donors (Lipinski definition) is 1. The lowest BCUT2D eigenvalue weighted by atomic mass is 10.2. The van der Waals surface area contributed by atoms with E-state index in [1.807, 2.05) is 0 Å². The van der Waals surface area contributed by atoms with E-state index in [1.165, 1.54) is 4.90 Å². The van der Waals surface area contributed by atoms with Gasteiger partial charge >= 0.3 is 5.97 Å². The van der Waals surface area contributed by atoms with Crippen LogP contribution in [0.4, 0.5) is 4.79 Å². The molecule has 0 unspecified atom stereocenters. The monoisotopic (exact) mass is 376 g/mol. The fourth-order valence-electron chi connectivity index (χ4n) is 1.83. The minimum absolute atomic E-state index is 0.137. The Labute approximate surface area is 147 Å². The summed E-state index contributed by atoms with van der Waals surface area (Å²) in [5.74, 6) is -0.402. The molecule has 23 heavy (non-hydrogen) atoms. The highest BCUT2D eigenvalue weighted by Crippen LogP contribution is 2.20. The number of amides is 2. The molecule has 0 aliphatic carbocycles. The fourth-order valence-corrected chi connectivity index (χ4v) is 3.13. The van der Waals surface area contributed by atoms with E-state index in [4.69, 9.17) is 27.9 Å². The molecule has 1 aromatic rings. The normalized spacial score (nSPS) is 14.0. The van der Waals surface area contributed by atoms with Crippen molar-refractivity contribution in [3.8, 4) is 0 Å². The lowest BCUT2D eigenvalue weighted by Gasteiger charge is -2.13. The van der Waals surface area contributed by atoms with Gasteiger partial charge in [0.1, 0.15) is 6.54 Å². The van der Waals surface area contributed by atoms with Crippen molar-refractivity contribution in [3.05, 3.63) is 33.8 Å². The van der Waals surface area contributed by atoms with Gasteiger partial charge in [0, 0.05) is 28.9 Å². The first kappa shape index (κ1) is 17.9. The molecule has 0 atom stereocenters. The van der Waals surface area contributed by atoms with E-state index in [0.717, 1.165) is 11.8 Å². The van der Waals surface area contributed by atoms with Gasteiger partial charge in [0.2, 0.25) is 0 Å². The first-order chi connectivity index (χ1) is 11.0. The molecule has 6 nitrogen and oxygen atoms in total. The molecule has 1 aliphatic heterocycles. The van der Waals surface area contributed by atoms with Crippen LogP contribution in [0.1, 0.15) is 5.56 Å². The van der Waals surface area contributed by atoms with Crippen molar-refractivity contribution in [1.82, 2.24) is 10.2 Å². The molecule has 1 saturated heterocycles. The summed E-state index contributed by atoms with van der Waals surface area (Å²) in [5.41, 5.74) is 0.704. The molecule has 124 valence electrons. The molecule has 0 aromatic heterocycles. The van der Waals surface area contributed by atoms with E-state index < -0.39 is 18.5 Å². The van der Waals surface area contributed by atoms with Crippen LogP contribution >= 0.6 is 35.0 Å². The second-order valence-corrected chi connectivity index (χ2v) is 6.60. The number of esters is 1. The van der Waals surface area contributed by atoms with Gasteiger partial charge in [0.05, 0.1) is 0 Å². The SMILES string of the molecule is O=C(COC(=O)CN1CCSC1=O)NCc1ccc(Cl)cc1Cl. The summed E-state index contributed by atoms with van der Waals surface area (Å²) in [4.78, 5) is 36.0. The van der Waals surface area contributed by atoms with Gasteiger partial charge in [-0.05, 0) is 17.7 Å². The molecule has 1 aromatic carbocycles. The Morgan fingerprint density at radius 2 is 2.13 bits per heavy atom. The van der Waals surface area contributed by atoms with Gasteiger partial charge in [-0.1, -0.05) is 41.0 Å². The molecule has 1 fully saturated rings. The van der Waals surface area contributed by atoms with Crippen LogP contribution in [0.5, 0.6) is 0 Å². The van der Waals surface area contributed by atoms with Gasteiger partial charge in [-0.2, -0.15) is 0 Å². The molecule has 2 amide bonds. The highest BCUT2D eigenvalue weighted by atomic mass is 35.5. The molecule has 0 saturated carbocycles. The summed E-state index contributed by atoms with van der Waals surface area (Å²) >= 11 is 12.9. The molecule has 0 spiro atoms. The maximum absolute atomic E-state index is 11.7. The van der Waals surface area contributed by atoms with E-state index in [-0.39, 0.29) is 18.3 Å². The zero-order valence-electron chi connectivity index (χ0n) is 12.0. The molecule has 1 heterocycles. The largest absolute Gasteiger partial charge is 0.454 e. The third-order valence-electron chi connectivity index (χ3n) is 3.02. The highest BCUT2D eigenvalue weighted by Gasteiger charge is 2.24. The van der Waals surface area contributed by atoms with E-state index in [0.29, 0.717) is 27.9 Å². The predicted octanol–water partition coefficient (Wildman–Crippen LogP) is 2.32. The lowest BCUT2D eigenvalue weighted by molar-refractivity contribution is -0.148. The summed E-state index contributed by atoms with van der Waals surface area (Å²) in [6.07, 6.45) is 0. The number of thioether (sulfide) groups is 1. The summed E-state index contributed by atoms with van der Waals surface area (Å²) in [5, 5.41) is 3.39. The third-order valence-corrected chi connectivity index (χ3v) is 4.50. The average molecular weight is 377 g/mol. The Morgan fingerprint density at radius 3 is 2.78 bits per heavy atom. The maximum Gasteiger partial charge on any atom is 0.326 e. The number of ether oxygens (including phenoxy) is 1. The fraction of sp³-hybridized carbons (Fsp3) is 0.357. The molecule has 2 rings (SSSR count). The molecule has 0 radical (unpaired) electrons. The number of nitrogens with zero attached hydrogens (tertiary/aromatic N) is 1. The predicted molar refractivity (Wildman–Crippen MR) is 88.7 cm³/mol. The van der Waals surface area contributed by atoms with Crippen LogP contribution in [0, 0.1) is 0 Å². The molecule has 1 aliphatic rings. The Hall–Kier alpha value is -1.44. The van der Waals surface area contributed by atoms with Crippen molar-refractivity contribution in [1.29, 1.82) is 0 Å². The number of carbonyl (C=O) groups excluding carboxylic acids is 3. The first-order valence-corrected chi connectivity index (χ1v) is 8.48. The number of hydrogen-bond acceptors (Lipinski definition) is 5. The number of carbonyl (C=O) groups is 3. The van der Waals surface area contributed by atoms with Crippen molar-refractivity contribution in [3.63, 3.8) is 0 Å². The van der Waals surface area contributed by atoms with Crippen LogP contribution in [0.3, 0.4) is 0 Å². The number of rotatable bonds is 6. The quantitative estimate of drug-likeness (QED) is 0.771. The minimum Gasteiger partial charge on any atom is -0.454 e. The van der Waals surface area contributed by atoms with E-state index in [1.54, 1.807) is 18.2 Å². The summed E-state index contributed by atoms with van der Waals surface area (Å²) in [6, 6.07) is 4.95. The van der Waals surface area contributed by atoms with Gasteiger partial charge in [0.15, 0.2) is 6.61 Å². The van der Waals surface area contributed by atoms with Crippen LogP contribution in [0.25, 0.3) is 0 Å². The van der Waals surface area contributed by atoms with Crippen molar-refractivity contribution >= 4 is 52.1 Å². The lowest BCUT2D eigenvalue weighted by Crippen LogP contribution is -2.34. The van der Waals surface area contributed by atoms with E-state index in [9.17, 15) is 14.4 Å². The minimum atomic E-state index is -0.611. The number of benzene rings is 1. The number of halogens is 2. The molecule has 9 heteroatoms. The number of nitrogens with one attached hydrogen (secondary N) is 1. The van der Waals surface area contributed by atoms with Crippen LogP contribution in [0.2, 0.25) is 10.0 Å². The zero-order chi connectivity index (χ0) is 16.8. The second-order valence-electron chi connectivity index (χ2n) is 4.71. The topological polar surface area (TPSA) is 75.7 Å². The molecular formula is C14H14Cl2N2O4S. The molecular weight excluding hydrogens is 363 g/mol. The Kier molecular flexibility index (Phi) is 6.56. The Bertz CT molecular complexity index is 627. The van der Waals surface area contributed by atoms with Gasteiger partial charge in [-0.3, -0.25) is 14.4 Å². The van der Waals surface area contributed by atoms with Gasteiger partial charge in [0.25, 0.3) is 11.1 Å². The zero-order valence-corrected chi connectivity index (χ0v) is 14.3. The van der Waals surface area contributed by atoms with E-state index in [2.05, 4.69) is 5.32 Å². The van der Waals surface area contributed by atoms with E-state index >= 15 is 0 Å². The van der Waals surface area contributed by atoms with Crippen LogP contribution in [-0.2, 0) is 20.9 Å². The van der Waals surface area contributed by atoms with Gasteiger partial charge in [-0.25, -0.2) is 0 Å². The smallest absolute Gasteiger partial charge is 0.326 e.